The van der Waals surface area contributed by atoms with E-state index in [1.54, 1.807) is 18.9 Å². The predicted molar refractivity (Wildman–Crippen MR) is 137 cm³/mol. The van der Waals surface area contributed by atoms with Gasteiger partial charge in [-0.1, -0.05) is 61.5 Å². The van der Waals surface area contributed by atoms with Crippen LogP contribution in [0.5, 0.6) is 5.75 Å². The van der Waals surface area contributed by atoms with Crippen LogP contribution in [0.25, 0.3) is 0 Å². The first-order chi connectivity index (χ1) is 16.5. The Labute approximate surface area is 205 Å². The summed E-state index contributed by atoms with van der Waals surface area (Å²) in [6.07, 6.45) is 0.783. The molecule has 1 fully saturated rings. The molecule has 0 saturated carbocycles. The van der Waals surface area contributed by atoms with Crippen molar-refractivity contribution in [1.82, 2.24) is 10.2 Å². The van der Waals surface area contributed by atoms with Crippen molar-refractivity contribution in [3.8, 4) is 5.75 Å². The van der Waals surface area contributed by atoms with Crippen LogP contribution in [0, 0.1) is 6.92 Å². The number of thioether (sulfide) groups is 1. The number of methoxy groups -OCH3 is 1. The fraction of sp³-hybridized carbons (Fsp3) is 0.286. The maximum atomic E-state index is 13.0. The molecule has 3 aromatic carbocycles. The van der Waals surface area contributed by atoms with E-state index in [1.807, 2.05) is 78.6 Å². The van der Waals surface area contributed by atoms with Crippen LogP contribution in [0.1, 0.15) is 57.4 Å². The first-order valence-electron chi connectivity index (χ1n) is 11.5. The summed E-state index contributed by atoms with van der Waals surface area (Å²) in [5.41, 5.74) is 4.85. The number of carbonyl (C=O) groups is 2. The lowest BCUT2D eigenvalue weighted by Gasteiger charge is -2.24. The van der Waals surface area contributed by atoms with Crippen LogP contribution in [0.15, 0.2) is 72.8 Å². The van der Waals surface area contributed by atoms with Crippen LogP contribution < -0.4 is 10.1 Å². The number of hydrogen-bond acceptors (Lipinski definition) is 4. The van der Waals surface area contributed by atoms with Crippen molar-refractivity contribution >= 4 is 23.6 Å². The van der Waals surface area contributed by atoms with Crippen molar-refractivity contribution < 1.29 is 14.3 Å². The lowest BCUT2D eigenvalue weighted by molar-refractivity contribution is -0.128. The van der Waals surface area contributed by atoms with Gasteiger partial charge in [-0.05, 0) is 53.8 Å². The van der Waals surface area contributed by atoms with Gasteiger partial charge in [0, 0.05) is 12.1 Å². The molecule has 5 nitrogen and oxygen atoms in total. The molecular weight excluding hydrogens is 444 g/mol. The van der Waals surface area contributed by atoms with Gasteiger partial charge in [-0.15, -0.1) is 11.8 Å². The molecule has 6 heteroatoms. The van der Waals surface area contributed by atoms with Crippen LogP contribution in [-0.2, 0) is 11.3 Å². The Morgan fingerprint density at radius 3 is 2.50 bits per heavy atom. The molecule has 2 atom stereocenters. The number of carbonyl (C=O) groups excluding carboxylic acids is 2. The minimum atomic E-state index is -0.108. The predicted octanol–water partition coefficient (Wildman–Crippen LogP) is 5.66. The Kier molecular flexibility index (Phi) is 7.58. The standard InChI is InChI=1S/C28H30N2O3S/c1-4-24(23-14-15-25(33-3)19(2)16-23)29-27(32)21-10-12-22(13-11-21)28-30(26(31)18-34-28)17-20-8-6-5-7-9-20/h5-16,24,28H,4,17-18H2,1-3H3,(H,29,32)/t24-,28+/m1/s1. The van der Waals surface area contributed by atoms with Crippen molar-refractivity contribution in [1.29, 1.82) is 0 Å². The highest BCUT2D eigenvalue weighted by atomic mass is 32.2. The molecule has 176 valence electrons. The second kappa shape index (κ2) is 10.8. The molecule has 0 aromatic heterocycles. The number of amides is 2. The molecule has 34 heavy (non-hydrogen) atoms. The number of nitrogens with zero attached hydrogens (tertiary/aromatic N) is 1. The van der Waals surface area contributed by atoms with Gasteiger partial charge >= 0.3 is 0 Å². The average molecular weight is 475 g/mol. The maximum absolute atomic E-state index is 13.0. The Bertz CT molecular complexity index is 1150. The van der Waals surface area contributed by atoms with Gasteiger partial charge in [-0.25, -0.2) is 0 Å². The Morgan fingerprint density at radius 2 is 1.85 bits per heavy atom. The van der Waals surface area contributed by atoms with E-state index >= 15 is 0 Å². The lowest BCUT2D eigenvalue weighted by Crippen LogP contribution is -2.29. The third-order valence-corrected chi connectivity index (χ3v) is 7.41. The highest BCUT2D eigenvalue weighted by molar-refractivity contribution is 8.00. The summed E-state index contributed by atoms with van der Waals surface area (Å²) in [6.45, 7) is 4.64. The van der Waals surface area contributed by atoms with Gasteiger partial charge in [-0.3, -0.25) is 9.59 Å². The number of aryl methyl sites for hydroxylation is 1. The van der Waals surface area contributed by atoms with Gasteiger partial charge in [0.2, 0.25) is 5.91 Å². The van der Waals surface area contributed by atoms with Crippen molar-refractivity contribution in [2.24, 2.45) is 0 Å². The van der Waals surface area contributed by atoms with Crippen LogP contribution in [0.2, 0.25) is 0 Å². The summed E-state index contributed by atoms with van der Waals surface area (Å²) in [7, 11) is 1.66. The van der Waals surface area contributed by atoms with E-state index in [0.29, 0.717) is 17.9 Å². The number of ether oxygens (including phenoxy) is 1. The molecule has 2 amide bonds. The van der Waals surface area contributed by atoms with E-state index in [4.69, 9.17) is 4.74 Å². The molecule has 3 aromatic rings. The van der Waals surface area contributed by atoms with Crippen molar-refractivity contribution in [2.75, 3.05) is 12.9 Å². The third-order valence-electron chi connectivity index (χ3n) is 6.16. The second-order valence-electron chi connectivity index (χ2n) is 8.46. The zero-order chi connectivity index (χ0) is 24.1. The zero-order valence-corrected chi connectivity index (χ0v) is 20.6. The first kappa shape index (κ1) is 23.9. The fourth-order valence-corrected chi connectivity index (χ4v) is 5.45. The molecular formula is C28H30N2O3S. The van der Waals surface area contributed by atoms with Crippen molar-refractivity contribution in [3.63, 3.8) is 0 Å². The summed E-state index contributed by atoms with van der Waals surface area (Å²) in [5, 5.41) is 3.11. The molecule has 1 aliphatic heterocycles. The normalized spacial score (nSPS) is 16.4. The minimum absolute atomic E-state index is 0.0459. The Hall–Kier alpha value is -3.25. The molecule has 0 spiro atoms. The fourth-order valence-electron chi connectivity index (χ4n) is 4.26. The molecule has 0 radical (unpaired) electrons. The molecule has 1 N–H and O–H groups in total. The van der Waals surface area contributed by atoms with Gasteiger partial charge < -0.3 is 15.0 Å². The van der Waals surface area contributed by atoms with Gasteiger partial charge in [0.25, 0.3) is 5.91 Å². The molecule has 1 saturated heterocycles. The van der Waals surface area contributed by atoms with Gasteiger partial charge in [0.15, 0.2) is 0 Å². The molecule has 0 bridgehead atoms. The van der Waals surface area contributed by atoms with E-state index in [2.05, 4.69) is 18.3 Å². The van der Waals surface area contributed by atoms with Crippen LogP contribution in [0.3, 0.4) is 0 Å². The van der Waals surface area contributed by atoms with Gasteiger partial charge in [0.1, 0.15) is 11.1 Å². The van der Waals surface area contributed by atoms with Crippen LogP contribution in [0.4, 0.5) is 0 Å². The maximum Gasteiger partial charge on any atom is 0.251 e. The molecule has 1 heterocycles. The van der Waals surface area contributed by atoms with Crippen LogP contribution >= 0.6 is 11.8 Å². The van der Waals surface area contributed by atoms with Crippen LogP contribution in [-0.4, -0.2) is 29.6 Å². The summed E-state index contributed by atoms with van der Waals surface area (Å²) < 4.78 is 5.35. The number of benzene rings is 3. The summed E-state index contributed by atoms with van der Waals surface area (Å²) in [5.74, 6) is 1.34. The number of hydrogen-bond donors (Lipinski definition) is 1. The van der Waals surface area contributed by atoms with Crippen molar-refractivity contribution in [3.05, 3.63) is 101 Å². The van der Waals surface area contributed by atoms with Gasteiger partial charge in [-0.2, -0.15) is 0 Å². The quantitative estimate of drug-likeness (QED) is 0.458. The van der Waals surface area contributed by atoms with E-state index in [9.17, 15) is 9.59 Å². The Morgan fingerprint density at radius 1 is 1.12 bits per heavy atom. The van der Waals surface area contributed by atoms with Gasteiger partial charge in [0.05, 0.1) is 18.9 Å². The monoisotopic (exact) mass is 474 g/mol. The summed E-state index contributed by atoms with van der Waals surface area (Å²) in [6, 6.07) is 23.6. The highest BCUT2D eigenvalue weighted by Crippen LogP contribution is 2.39. The van der Waals surface area contributed by atoms with E-state index in [1.165, 1.54) is 0 Å². The number of nitrogens with one attached hydrogen (secondary N) is 1. The molecule has 0 aliphatic carbocycles. The van der Waals surface area contributed by atoms with E-state index in [-0.39, 0.29) is 23.2 Å². The summed E-state index contributed by atoms with van der Waals surface area (Å²) >= 11 is 1.63. The van der Waals surface area contributed by atoms with Crippen molar-refractivity contribution in [2.45, 2.75) is 38.2 Å². The summed E-state index contributed by atoms with van der Waals surface area (Å²) in [4.78, 5) is 27.4. The molecule has 0 unspecified atom stereocenters. The first-order valence-corrected chi connectivity index (χ1v) is 12.6. The molecule has 1 aliphatic rings. The Balaban J connectivity index is 1.45. The smallest absolute Gasteiger partial charge is 0.251 e. The third kappa shape index (κ3) is 5.28. The van der Waals surface area contributed by atoms with E-state index < -0.39 is 0 Å². The topological polar surface area (TPSA) is 58.6 Å². The molecule has 4 rings (SSSR count). The average Bonchev–Trinajstić information content (AvgIpc) is 3.22. The number of rotatable bonds is 8. The minimum Gasteiger partial charge on any atom is -0.496 e. The SMILES string of the molecule is CC[C@@H](NC(=O)c1ccc([C@@H]2SCC(=O)N2Cc2ccccc2)cc1)c1ccc(OC)c(C)c1. The highest BCUT2D eigenvalue weighted by Gasteiger charge is 2.32. The lowest BCUT2D eigenvalue weighted by atomic mass is 10.0. The van der Waals surface area contributed by atoms with E-state index in [0.717, 1.165) is 34.4 Å². The second-order valence-corrected chi connectivity index (χ2v) is 9.52. The zero-order valence-electron chi connectivity index (χ0n) is 19.8. The largest absolute Gasteiger partial charge is 0.496 e.